The number of piperazine rings is 1. The maximum Gasteiger partial charge on any atom is 0.0291 e. The van der Waals surface area contributed by atoms with Crippen molar-refractivity contribution < 1.29 is 0 Å². The minimum atomic E-state index is 0.937. The molecule has 1 rings (SSSR count). The van der Waals surface area contributed by atoms with E-state index in [2.05, 4.69) is 44.7 Å². The maximum atomic E-state index is 3.84. The van der Waals surface area contributed by atoms with Gasteiger partial charge in [-0.25, -0.2) is 0 Å². The predicted octanol–water partition coefficient (Wildman–Crippen LogP) is 0.732. The highest BCUT2D eigenvalue weighted by atomic mass is 79.9. The Morgan fingerprint density at radius 3 is 2.71 bits per heavy atom. The zero-order chi connectivity index (χ0) is 10.4. The molecule has 0 spiro atoms. The molecule has 0 saturated carbocycles. The van der Waals surface area contributed by atoms with Gasteiger partial charge in [-0.15, -0.1) is 0 Å². The second-order valence-electron chi connectivity index (χ2n) is 3.85. The summed E-state index contributed by atoms with van der Waals surface area (Å²) in [5.74, 6) is 0. The van der Waals surface area contributed by atoms with Gasteiger partial charge in [-0.1, -0.05) is 22.5 Å². The highest BCUT2D eigenvalue weighted by Gasteiger charge is 2.09. The summed E-state index contributed by atoms with van der Waals surface area (Å²) in [5.41, 5.74) is 0. The first-order chi connectivity index (χ1) is 6.68. The summed E-state index contributed by atoms with van der Waals surface area (Å²) in [6.07, 6.45) is 0. The van der Waals surface area contributed by atoms with Crippen LogP contribution >= 0.6 is 15.9 Å². The van der Waals surface area contributed by atoms with Crippen molar-refractivity contribution in [3.05, 3.63) is 11.1 Å². The fraction of sp³-hybridized carbons (Fsp3) is 0.800. The van der Waals surface area contributed by atoms with Crippen LogP contribution in [0.25, 0.3) is 0 Å². The fourth-order valence-electron chi connectivity index (χ4n) is 1.62. The number of hydrogen-bond donors (Lipinski definition) is 1. The van der Waals surface area contributed by atoms with E-state index in [1.165, 1.54) is 19.6 Å². The van der Waals surface area contributed by atoms with Crippen LogP contribution in [-0.4, -0.2) is 62.7 Å². The molecule has 1 fully saturated rings. The molecule has 0 aromatic rings. The largest absolute Gasteiger partial charge is 0.314 e. The van der Waals surface area contributed by atoms with Crippen LogP contribution in [0.3, 0.4) is 0 Å². The molecule has 0 atom stereocenters. The second-order valence-corrected chi connectivity index (χ2v) is 4.97. The van der Waals surface area contributed by atoms with Crippen LogP contribution in [-0.2, 0) is 0 Å². The van der Waals surface area contributed by atoms with Gasteiger partial charge in [-0.3, -0.25) is 4.90 Å². The van der Waals surface area contributed by atoms with Gasteiger partial charge in [0.1, 0.15) is 0 Å². The van der Waals surface area contributed by atoms with Gasteiger partial charge in [-0.2, -0.15) is 0 Å². The Balaban J connectivity index is 2.09. The summed E-state index contributed by atoms with van der Waals surface area (Å²) in [7, 11) is 2.13. The molecular weight excluding hydrogens is 242 g/mol. The third-order valence-electron chi connectivity index (χ3n) is 2.45. The van der Waals surface area contributed by atoms with Crippen LogP contribution in [0.4, 0.5) is 0 Å². The van der Waals surface area contributed by atoms with E-state index in [9.17, 15) is 0 Å². The third-order valence-corrected chi connectivity index (χ3v) is 2.70. The molecule has 0 unspecified atom stereocenters. The lowest BCUT2D eigenvalue weighted by Crippen LogP contribution is -2.46. The lowest BCUT2D eigenvalue weighted by atomic mass is 10.3. The topological polar surface area (TPSA) is 18.5 Å². The van der Waals surface area contributed by atoms with Gasteiger partial charge in [0, 0.05) is 50.3 Å². The van der Waals surface area contributed by atoms with Crippen molar-refractivity contribution in [3.8, 4) is 0 Å². The van der Waals surface area contributed by atoms with Crippen LogP contribution in [0.1, 0.15) is 0 Å². The Morgan fingerprint density at radius 2 is 2.14 bits per heavy atom. The number of likely N-dealkylation sites (N-methyl/N-ethyl adjacent to an activating group) is 1. The minimum Gasteiger partial charge on any atom is -0.314 e. The number of hydrogen-bond acceptors (Lipinski definition) is 3. The molecule has 0 bridgehead atoms. The molecule has 82 valence electrons. The second kappa shape index (κ2) is 6.56. The Labute approximate surface area is 95.3 Å². The van der Waals surface area contributed by atoms with Gasteiger partial charge in [0.25, 0.3) is 0 Å². The van der Waals surface area contributed by atoms with E-state index in [0.717, 1.165) is 30.7 Å². The highest BCUT2D eigenvalue weighted by Crippen LogP contribution is 2.02. The average molecular weight is 262 g/mol. The van der Waals surface area contributed by atoms with E-state index >= 15 is 0 Å². The Hall–Kier alpha value is 0.1000. The summed E-state index contributed by atoms with van der Waals surface area (Å²) in [6, 6.07) is 0. The molecule has 0 amide bonds. The molecule has 1 saturated heterocycles. The lowest BCUT2D eigenvalue weighted by Gasteiger charge is -2.29. The van der Waals surface area contributed by atoms with E-state index in [-0.39, 0.29) is 0 Å². The van der Waals surface area contributed by atoms with E-state index in [0.29, 0.717) is 0 Å². The maximum absolute atomic E-state index is 3.84. The quantitative estimate of drug-likeness (QED) is 0.788. The SMILES string of the molecule is C=C(Br)CN(C)CCN1CCNCC1. The van der Waals surface area contributed by atoms with Crippen LogP contribution in [0.2, 0.25) is 0 Å². The van der Waals surface area contributed by atoms with Crippen molar-refractivity contribution in [2.75, 3.05) is 52.9 Å². The average Bonchev–Trinajstić information content (AvgIpc) is 2.15. The molecule has 1 N–H and O–H groups in total. The number of nitrogens with zero attached hydrogens (tertiary/aromatic N) is 2. The van der Waals surface area contributed by atoms with Crippen molar-refractivity contribution in [3.63, 3.8) is 0 Å². The van der Waals surface area contributed by atoms with Gasteiger partial charge in [0.05, 0.1) is 0 Å². The normalized spacial score (nSPS) is 18.8. The standard InChI is InChI=1S/C10H20BrN3/c1-10(11)9-13(2)7-8-14-5-3-12-4-6-14/h12H,1,3-9H2,2H3. The Kier molecular flexibility index (Phi) is 5.70. The molecule has 4 heteroatoms. The monoisotopic (exact) mass is 261 g/mol. The van der Waals surface area contributed by atoms with Crippen LogP contribution in [0, 0.1) is 0 Å². The highest BCUT2D eigenvalue weighted by molar-refractivity contribution is 9.11. The van der Waals surface area contributed by atoms with Crippen molar-refractivity contribution in [1.82, 2.24) is 15.1 Å². The lowest BCUT2D eigenvalue weighted by molar-refractivity contribution is 0.211. The molecule has 0 radical (unpaired) electrons. The van der Waals surface area contributed by atoms with Crippen LogP contribution in [0.5, 0.6) is 0 Å². The molecule has 1 aliphatic heterocycles. The van der Waals surface area contributed by atoms with Gasteiger partial charge in [0.2, 0.25) is 0 Å². The first kappa shape index (κ1) is 12.2. The third kappa shape index (κ3) is 5.10. The Bertz CT molecular complexity index is 178. The van der Waals surface area contributed by atoms with Crippen molar-refractivity contribution in [2.24, 2.45) is 0 Å². The van der Waals surface area contributed by atoms with Gasteiger partial charge in [-0.05, 0) is 7.05 Å². The smallest absolute Gasteiger partial charge is 0.0291 e. The summed E-state index contributed by atoms with van der Waals surface area (Å²) < 4.78 is 1.06. The molecule has 3 nitrogen and oxygen atoms in total. The zero-order valence-electron chi connectivity index (χ0n) is 8.93. The van der Waals surface area contributed by atoms with Gasteiger partial charge in [0.15, 0.2) is 0 Å². The zero-order valence-corrected chi connectivity index (χ0v) is 10.5. The first-order valence-corrected chi connectivity index (χ1v) is 5.92. The van der Waals surface area contributed by atoms with Crippen LogP contribution in [0.15, 0.2) is 11.1 Å². The first-order valence-electron chi connectivity index (χ1n) is 5.13. The Morgan fingerprint density at radius 1 is 1.50 bits per heavy atom. The van der Waals surface area contributed by atoms with E-state index in [1.807, 2.05) is 0 Å². The number of halogens is 1. The van der Waals surface area contributed by atoms with Crippen molar-refractivity contribution >= 4 is 15.9 Å². The van der Waals surface area contributed by atoms with E-state index < -0.39 is 0 Å². The molecule has 1 aliphatic rings. The van der Waals surface area contributed by atoms with E-state index in [4.69, 9.17) is 0 Å². The summed E-state index contributed by atoms with van der Waals surface area (Å²) >= 11 is 3.38. The molecule has 1 heterocycles. The number of nitrogens with one attached hydrogen (secondary N) is 1. The molecule has 0 aromatic heterocycles. The predicted molar refractivity (Wildman–Crippen MR) is 64.9 cm³/mol. The summed E-state index contributed by atoms with van der Waals surface area (Å²) in [5, 5.41) is 3.36. The van der Waals surface area contributed by atoms with Crippen LogP contribution < -0.4 is 5.32 Å². The summed E-state index contributed by atoms with van der Waals surface area (Å²) in [6.45, 7) is 11.7. The molecule has 0 aliphatic carbocycles. The van der Waals surface area contributed by atoms with Gasteiger partial charge < -0.3 is 10.2 Å². The minimum absolute atomic E-state index is 0.937. The van der Waals surface area contributed by atoms with Crippen molar-refractivity contribution in [2.45, 2.75) is 0 Å². The fourth-order valence-corrected chi connectivity index (χ4v) is 2.05. The van der Waals surface area contributed by atoms with E-state index in [1.54, 1.807) is 0 Å². The number of rotatable bonds is 5. The molecule has 0 aromatic carbocycles. The van der Waals surface area contributed by atoms with Gasteiger partial charge >= 0.3 is 0 Å². The molecular formula is C10H20BrN3. The molecule has 14 heavy (non-hydrogen) atoms. The van der Waals surface area contributed by atoms with Crippen molar-refractivity contribution in [1.29, 1.82) is 0 Å². The summed E-state index contributed by atoms with van der Waals surface area (Å²) in [4.78, 5) is 4.79.